The monoisotopic (exact) mass is 592 g/mol. The maximum absolute atomic E-state index is 12.9. The van der Waals surface area contributed by atoms with Crippen molar-refractivity contribution in [2.45, 2.75) is 84.1 Å². The van der Waals surface area contributed by atoms with Crippen LogP contribution in [0.2, 0.25) is 0 Å². The van der Waals surface area contributed by atoms with Crippen molar-refractivity contribution in [3.05, 3.63) is 52.3 Å². The first-order chi connectivity index (χ1) is 20.1. The van der Waals surface area contributed by atoms with E-state index in [9.17, 15) is 18.4 Å². The zero-order chi connectivity index (χ0) is 29.3. The molecule has 0 radical (unpaired) electrons. The summed E-state index contributed by atoms with van der Waals surface area (Å²) in [6.07, 6.45) is 3.26. The molecule has 3 aliphatic carbocycles. The fourth-order valence-corrected chi connectivity index (χ4v) is 9.07. The van der Waals surface area contributed by atoms with E-state index in [-0.39, 0.29) is 10.9 Å². The lowest BCUT2D eigenvalue weighted by Crippen LogP contribution is -2.62. The molecule has 4 heterocycles. The van der Waals surface area contributed by atoms with Gasteiger partial charge in [-0.25, -0.2) is 9.97 Å². The number of benzene rings is 1. The average Bonchev–Trinajstić information content (AvgIpc) is 3.48. The number of thiophene rings is 1. The third kappa shape index (κ3) is 4.84. The van der Waals surface area contributed by atoms with Crippen molar-refractivity contribution in [2.75, 3.05) is 18.4 Å². The molecule has 4 fully saturated rings. The van der Waals surface area contributed by atoms with Crippen LogP contribution in [0.4, 0.5) is 19.0 Å². The molecule has 1 saturated heterocycles. The topological polar surface area (TPSA) is 69.8 Å². The Kier molecular flexibility index (Phi) is 6.55. The molecular formula is C32H35F3N6S. The number of nitrogens with zero attached hydrogens (tertiary/aromatic N) is 5. The van der Waals surface area contributed by atoms with Crippen LogP contribution in [0.1, 0.15) is 67.1 Å². The number of hydrogen-bond donors (Lipinski definition) is 1. The predicted molar refractivity (Wildman–Crippen MR) is 159 cm³/mol. The minimum Gasteiger partial charge on any atom is -0.367 e. The molecule has 0 amide bonds. The zero-order valence-electron chi connectivity index (χ0n) is 24.0. The van der Waals surface area contributed by atoms with E-state index in [1.807, 2.05) is 0 Å². The van der Waals surface area contributed by atoms with E-state index in [1.165, 1.54) is 54.0 Å². The van der Waals surface area contributed by atoms with E-state index in [0.29, 0.717) is 26.9 Å². The van der Waals surface area contributed by atoms with Crippen molar-refractivity contribution >= 4 is 38.3 Å². The number of fused-ring (bicyclic) bond motifs is 2. The number of piperidine rings is 1. The van der Waals surface area contributed by atoms with Gasteiger partial charge in [0.05, 0.1) is 11.8 Å². The van der Waals surface area contributed by atoms with Gasteiger partial charge in [0.1, 0.15) is 28.7 Å². The van der Waals surface area contributed by atoms with Gasteiger partial charge in [-0.2, -0.15) is 18.4 Å². The van der Waals surface area contributed by atoms with Crippen LogP contribution in [0.25, 0.3) is 21.1 Å². The van der Waals surface area contributed by atoms with E-state index >= 15 is 0 Å². The first kappa shape index (κ1) is 27.7. The van der Waals surface area contributed by atoms with Crippen molar-refractivity contribution in [2.24, 2.45) is 10.8 Å². The lowest BCUT2D eigenvalue weighted by molar-refractivity contribution is -0.212. The van der Waals surface area contributed by atoms with Crippen LogP contribution in [-0.4, -0.2) is 44.7 Å². The maximum Gasteiger partial charge on any atom is 0.393 e. The predicted octanol–water partition coefficient (Wildman–Crippen LogP) is 7.59. The van der Waals surface area contributed by atoms with Gasteiger partial charge in [0.2, 0.25) is 0 Å². The largest absolute Gasteiger partial charge is 0.393 e. The Bertz CT molecular complexity index is 1690. The number of rotatable bonds is 8. The number of halogens is 3. The molecule has 10 heteroatoms. The van der Waals surface area contributed by atoms with Gasteiger partial charge in [-0.1, -0.05) is 19.4 Å². The summed E-state index contributed by atoms with van der Waals surface area (Å²) in [6.45, 7) is 8.12. The number of aryl methyl sites for hydroxylation is 1. The fourth-order valence-electron chi connectivity index (χ4n) is 8.04. The van der Waals surface area contributed by atoms with Crippen LogP contribution >= 0.6 is 11.3 Å². The highest BCUT2D eigenvalue weighted by molar-refractivity contribution is 7.18. The second-order valence-corrected chi connectivity index (χ2v) is 14.1. The smallest absolute Gasteiger partial charge is 0.367 e. The molecule has 3 saturated carbocycles. The molecule has 0 atom stereocenters. The highest BCUT2D eigenvalue weighted by Crippen LogP contribution is 2.75. The molecular weight excluding hydrogens is 557 g/mol. The number of aromatic nitrogens is 3. The third-order valence-corrected chi connectivity index (χ3v) is 11.2. The first-order valence-corrected chi connectivity index (χ1v) is 15.7. The standard InChI is InChI=1S/C32H35F3N6S/c1-3-30-15-31(16-30,17-30)18-41-23(13-36)10-25-20(2)21(4-5-27(25)41)14-40-8-6-22(7-9-40)39-28-26-11-24(12-32(33,34)35)42-29(26)38-19-37-28/h4-5,10-11,19,22H,3,6-9,12,14-18H2,1-2H3,(H,37,38,39). The van der Waals surface area contributed by atoms with E-state index < -0.39 is 12.6 Å². The Morgan fingerprint density at radius 3 is 2.55 bits per heavy atom. The Hall–Kier alpha value is -3.16. The lowest BCUT2D eigenvalue weighted by atomic mass is 9.34. The van der Waals surface area contributed by atoms with Crippen molar-refractivity contribution in [3.63, 3.8) is 0 Å². The van der Waals surface area contributed by atoms with E-state index in [2.05, 4.69) is 62.9 Å². The maximum atomic E-state index is 12.9. The first-order valence-electron chi connectivity index (χ1n) is 14.9. The Morgan fingerprint density at radius 1 is 1.10 bits per heavy atom. The van der Waals surface area contributed by atoms with Gasteiger partial charge in [-0.15, -0.1) is 11.3 Å². The quantitative estimate of drug-likeness (QED) is 0.228. The molecule has 8 rings (SSSR count). The van der Waals surface area contributed by atoms with Gasteiger partial charge in [-0.3, -0.25) is 4.90 Å². The van der Waals surface area contributed by atoms with E-state index in [4.69, 9.17) is 0 Å². The highest BCUT2D eigenvalue weighted by atomic mass is 32.1. The minimum absolute atomic E-state index is 0.199. The molecule has 1 N–H and O–H groups in total. The highest BCUT2D eigenvalue weighted by Gasteiger charge is 2.66. The van der Waals surface area contributed by atoms with E-state index in [1.54, 1.807) is 6.07 Å². The molecule has 42 heavy (non-hydrogen) atoms. The van der Waals surface area contributed by atoms with Crippen LogP contribution < -0.4 is 5.32 Å². The van der Waals surface area contributed by atoms with Crippen LogP contribution in [0.3, 0.4) is 0 Å². The third-order valence-electron chi connectivity index (χ3n) is 10.2. The van der Waals surface area contributed by atoms with Crippen LogP contribution in [0.5, 0.6) is 0 Å². The molecule has 2 bridgehead atoms. The summed E-state index contributed by atoms with van der Waals surface area (Å²) < 4.78 is 41.0. The number of alkyl halides is 3. The minimum atomic E-state index is -4.24. The summed E-state index contributed by atoms with van der Waals surface area (Å²) in [4.78, 5) is 11.8. The van der Waals surface area contributed by atoms with Crippen molar-refractivity contribution < 1.29 is 13.2 Å². The second kappa shape index (κ2) is 9.95. The van der Waals surface area contributed by atoms with Gasteiger partial charge in [-0.05, 0) is 79.2 Å². The summed E-state index contributed by atoms with van der Waals surface area (Å²) in [5.41, 5.74) is 5.47. The Balaban J connectivity index is 1.00. The number of nitrogens with one attached hydrogen (secondary N) is 1. The second-order valence-electron chi connectivity index (χ2n) is 13.0. The summed E-state index contributed by atoms with van der Waals surface area (Å²) in [5, 5.41) is 15.3. The molecule has 0 spiro atoms. The molecule has 3 aromatic heterocycles. The van der Waals surface area contributed by atoms with Gasteiger partial charge < -0.3 is 9.88 Å². The van der Waals surface area contributed by atoms with E-state index in [0.717, 1.165) is 56.1 Å². The Labute approximate surface area is 247 Å². The molecule has 0 unspecified atom stereocenters. The lowest BCUT2D eigenvalue weighted by Gasteiger charge is -2.71. The van der Waals surface area contributed by atoms with Crippen LogP contribution in [-0.2, 0) is 19.5 Å². The average molecular weight is 593 g/mol. The Morgan fingerprint density at radius 2 is 1.86 bits per heavy atom. The van der Waals surface area contributed by atoms with Crippen molar-refractivity contribution in [1.29, 1.82) is 5.26 Å². The molecule has 6 nitrogen and oxygen atoms in total. The number of likely N-dealkylation sites (tertiary alicyclic amines) is 1. The SMILES string of the molecule is CCC12CC(Cn3c(C#N)cc4c(C)c(CN5CCC(Nc6ncnc7sc(CC(F)(F)F)cc67)CC5)ccc43)(C1)C2. The fraction of sp³-hybridized carbons (Fsp3) is 0.531. The van der Waals surface area contributed by atoms with Gasteiger partial charge in [0.25, 0.3) is 0 Å². The summed E-state index contributed by atoms with van der Waals surface area (Å²) in [7, 11) is 0. The number of anilines is 1. The molecule has 1 aromatic carbocycles. The molecule has 1 aliphatic heterocycles. The van der Waals surface area contributed by atoms with Gasteiger partial charge >= 0.3 is 6.18 Å². The van der Waals surface area contributed by atoms with Crippen molar-refractivity contribution in [1.82, 2.24) is 19.4 Å². The van der Waals surface area contributed by atoms with Gasteiger partial charge in [0, 0.05) is 48.0 Å². The van der Waals surface area contributed by atoms with Gasteiger partial charge in [0.15, 0.2) is 0 Å². The van der Waals surface area contributed by atoms with Crippen molar-refractivity contribution in [3.8, 4) is 6.07 Å². The molecule has 220 valence electrons. The molecule has 4 aromatic rings. The summed E-state index contributed by atoms with van der Waals surface area (Å²) in [6, 6.07) is 10.8. The van der Waals surface area contributed by atoms with Crippen LogP contribution in [0, 0.1) is 29.1 Å². The number of hydrogen-bond acceptors (Lipinski definition) is 6. The normalized spacial score (nSPS) is 24.5. The number of nitriles is 1. The zero-order valence-corrected chi connectivity index (χ0v) is 24.8. The summed E-state index contributed by atoms with van der Waals surface area (Å²) in [5.74, 6) is 0.617. The van der Waals surface area contributed by atoms with Crippen LogP contribution in [0.15, 0.2) is 30.6 Å². The summed E-state index contributed by atoms with van der Waals surface area (Å²) >= 11 is 1.08. The molecule has 4 aliphatic rings.